The smallest absolute Gasteiger partial charge is 0.330 e. The molecule has 2 aliphatic heterocycles. The average molecular weight is 572 g/mol. The zero-order valence-corrected chi connectivity index (χ0v) is 24.8. The van der Waals surface area contributed by atoms with E-state index in [-0.39, 0.29) is 35.1 Å². The van der Waals surface area contributed by atoms with Crippen molar-refractivity contribution in [3.8, 4) is 0 Å². The summed E-state index contributed by atoms with van der Waals surface area (Å²) in [7, 11) is 0. The minimum atomic E-state index is -0.767. The van der Waals surface area contributed by atoms with Crippen LogP contribution in [0.15, 0.2) is 58.8 Å². The second-order valence-electron chi connectivity index (χ2n) is 10.8. The normalized spacial score (nSPS) is 30.7. The van der Waals surface area contributed by atoms with E-state index in [2.05, 4.69) is 16.9 Å². The third-order valence-corrected chi connectivity index (χ3v) is 8.13. The summed E-state index contributed by atoms with van der Waals surface area (Å²) in [5, 5.41) is 13.1. The molecule has 2 N–H and O–H groups in total. The number of carbonyl (C=O) groups is 3. The fraction of sp³-hybridized carbons (Fsp3) is 0.533. The van der Waals surface area contributed by atoms with Crippen LogP contribution in [0.25, 0.3) is 0 Å². The molecule has 0 aromatic carbocycles. The number of nitrogens with one attached hydrogen (secondary N) is 1. The second-order valence-corrected chi connectivity index (χ2v) is 11.8. The highest BCUT2D eigenvalue weighted by Crippen LogP contribution is 2.31. The van der Waals surface area contributed by atoms with Crippen LogP contribution in [0.4, 0.5) is 0 Å². The third-order valence-electron chi connectivity index (χ3n) is 7.03. The molecule has 1 fully saturated rings. The zero-order chi connectivity index (χ0) is 29.4. The number of cyclic esters (lactones) is 1. The molecule has 3 heterocycles. The topological polar surface area (TPSA) is 122 Å². The number of fused-ring (bicyclic) bond motifs is 3. The number of ether oxygens (including phenoxy) is 1. The number of hydrogen-bond donors (Lipinski definition) is 2. The van der Waals surface area contributed by atoms with Crippen molar-refractivity contribution in [3.63, 3.8) is 0 Å². The Hall–Kier alpha value is -3.11. The van der Waals surface area contributed by atoms with Crippen molar-refractivity contribution in [2.45, 2.75) is 70.5 Å². The summed E-state index contributed by atoms with van der Waals surface area (Å²) in [5.74, 6) is -1.06. The lowest BCUT2D eigenvalue weighted by atomic mass is 9.94. The lowest BCUT2D eigenvalue weighted by Gasteiger charge is -2.31. The molecule has 2 amide bonds. The van der Waals surface area contributed by atoms with Crippen LogP contribution in [0.2, 0.25) is 0 Å². The molecule has 5 atom stereocenters. The zero-order valence-electron chi connectivity index (χ0n) is 24.0. The number of esters is 1. The first-order valence-corrected chi connectivity index (χ1v) is 14.9. The van der Waals surface area contributed by atoms with Gasteiger partial charge in [0.15, 0.2) is 11.6 Å². The number of rotatable bonds is 2. The van der Waals surface area contributed by atoms with Crippen LogP contribution in [-0.4, -0.2) is 75.6 Å². The molecule has 0 saturated carbocycles. The molecule has 9 nitrogen and oxygen atoms in total. The van der Waals surface area contributed by atoms with Gasteiger partial charge in [-0.25, -0.2) is 9.78 Å². The molecule has 1 aromatic heterocycles. The number of carbonyl (C=O) groups excluding carboxylic acids is 3. The standard InChI is InChI=1S/C30H41N3O6S/c1-18(2)28-21(5)9-10-25(35)31-12-7-8-19(3)14-22(34)15-20(4)16-26-32-23(17-38-26)29(36)33-13-11-24(40-6)27(33)30(37)39-28/h7-10,14,17-18,21-22,24,27-28,34H,4,11-13,15-16H2,1-3,5-6H3,(H,31,35)/b8-7+,10-9+,19-14+. The minimum absolute atomic E-state index is 0.0151. The molecule has 3 rings (SSSR count). The van der Waals surface area contributed by atoms with Crippen LogP contribution >= 0.6 is 11.8 Å². The van der Waals surface area contributed by atoms with Gasteiger partial charge in [0.05, 0.1) is 6.10 Å². The van der Waals surface area contributed by atoms with E-state index in [1.54, 1.807) is 18.2 Å². The van der Waals surface area contributed by atoms with Crippen molar-refractivity contribution in [2.75, 3.05) is 19.3 Å². The Balaban J connectivity index is 1.91. The van der Waals surface area contributed by atoms with E-state index in [0.29, 0.717) is 37.4 Å². The van der Waals surface area contributed by atoms with Crippen molar-refractivity contribution in [1.29, 1.82) is 0 Å². The Bertz CT molecular complexity index is 1170. The molecule has 40 heavy (non-hydrogen) atoms. The van der Waals surface area contributed by atoms with E-state index in [0.717, 1.165) is 5.57 Å². The number of allylic oxidation sites excluding steroid dienone is 2. The summed E-state index contributed by atoms with van der Waals surface area (Å²) in [4.78, 5) is 45.3. The molecule has 2 aliphatic rings. The van der Waals surface area contributed by atoms with Gasteiger partial charge in [-0.2, -0.15) is 11.8 Å². The molecule has 1 saturated heterocycles. The molecule has 5 unspecified atom stereocenters. The van der Waals surface area contributed by atoms with Crippen LogP contribution in [0, 0.1) is 11.8 Å². The summed E-state index contributed by atoms with van der Waals surface area (Å²) >= 11 is 1.53. The Morgan fingerprint density at radius 3 is 2.70 bits per heavy atom. The largest absolute Gasteiger partial charge is 0.460 e. The van der Waals surface area contributed by atoms with Gasteiger partial charge in [0.25, 0.3) is 5.91 Å². The maximum Gasteiger partial charge on any atom is 0.330 e. The SMILES string of the molecule is C=C1Cc2nc(co2)C(=O)N2CCC(SC)C2C(=O)OC(C(C)C)C(C)/C=C/C(=O)NC/C=C/C(C)=C/C(O)C1. The summed E-state index contributed by atoms with van der Waals surface area (Å²) in [6, 6.07) is -0.767. The quantitative estimate of drug-likeness (QED) is 0.405. The predicted octanol–water partition coefficient (Wildman–Crippen LogP) is 3.86. The number of thioether (sulfide) groups is 1. The number of oxazole rings is 1. The summed E-state index contributed by atoms with van der Waals surface area (Å²) < 4.78 is 11.6. The molecule has 0 radical (unpaired) electrons. The molecule has 2 bridgehead atoms. The van der Waals surface area contributed by atoms with Crippen LogP contribution in [0.5, 0.6) is 0 Å². The highest BCUT2D eigenvalue weighted by Gasteiger charge is 2.44. The van der Waals surface area contributed by atoms with Crippen LogP contribution < -0.4 is 5.32 Å². The molecule has 0 spiro atoms. The maximum absolute atomic E-state index is 13.6. The van der Waals surface area contributed by atoms with Gasteiger partial charge < -0.3 is 24.5 Å². The van der Waals surface area contributed by atoms with Crippen molar-refractivity contribution in [3.05, 3.63) is 66.0 Å². The van der Waals surface area contributed by atoms with Gasteiger partial charge in [0.2, 0.25) is 5.91 Å². The van der Waals surface area contributed by atoms with Gasteiger partial charge in [-0.1, -0.05) is 62.8 Å². The summed E-state index contributed by atoms with van der Waals surface area (Å²) in [5.41, 5.74) is 1.65. The Morgan fingerprint density at radius 2 is 2.00 bits per heavy atom. The first-order chi connectivity index (χ1) is 19.0. The van der Waals surface area contributed by atoms with E-state index < -0.39 is 30.1 Å². The van der Waals surface area contributed by atoms with E-state index in [1.165, 1.54) is 29.0 Å². The minimum Gasteiger partial charge on any atom is -0.460 e. The van der Waals surface area contributed by atoms with Crippen molar-refractivity contribution < 1.29 is 28.6 Å². The highest BCUT2D eigenvalue weighted by atomic mass is 32.2. The monoisotopic (exact) mass is 571 g/mol. The van der Waals surface area contributed by atoms with Crippen molar-refractivity contribution >= 4 is 29.5 Å². The van der Waals surface area contributed by atoms with Crippen LogP contribution in [0.3, 0.4) is 0 Å². The fourth-order valence-corrected chi connectivity index (χ4v) is 5.88. The van der Waals surface area contributed by atoms with E-state index in [1.807, 2.05) is 40.0 Å². The van der Waals surface area contributed by atoms with Crippen molar-refractivity contribution in [1.82, 2.24) is 15.2 Å². The van der Waals surface area contributed by atoms with Gasteiger partial charge in [-0.05, 0) is 38.0 Å². The van der Waals surface area contributed by atoms with E-state index in [9.17, 15) is 19.5 Å². The number of aliphatic hydroxyl groups is 1. The molecule has 0 aliphatic carbocycles. The van der Waals surface area contributed by atoms with Crippen molar-refractivity contribution in [2.24, 2.45) is 11.8 Å². The fourth-order valence-electron chi connectivity index (χ4n) is 5.02. The second kappa shape index (κ2) is 14.5. The summed E-state index contributed by atoms with van der Waals surface area (Å²) in [6.45, 7) is 12.4. The number of amides is 2. The lowest BCUT2D eigenvalue weighted by Crippen LogP contribution is -2.47. The molecular formula is C30H41N3O6S. The Morgan fingerprint density at radius 1 is 1.25 bits per heavy atom. The lowest BCUT2D eigenvalue weighted by molar-refractivity contribution is -0.157. The molecule has 218 valence electrons. The Labute approximate surface area is 240 Å². The van der Waals surface area contributed by atoms with Gasteiger partial charge in [0.1, 0.15) is 18.4 Å². The molecular weight excluding hydrogens is 530 g/mol. The van der Waals surface area contributed by atoms with Gasteiger partial charge in [-0.3, -0.25) is 9.59 Å². The number of hydrogen-bond acceptors (Lipinski definition) is 8. The first kappa shape index (κ1) is 31.4. The average Bonchev–Trinajstić information content (AvgIpc) is 3.54. The maximum atomic E-state index is 13.6. The van der Waals surface area contributed by atoms with Gasteiger partial charge in [0, 0.05) is 30.7 Å². The Kier molecular flexibility index (Phi) is 11.4. The molecule has 1 aromatic rings. The summed E-state index contributed by atoms with van der Waals surface area (Å²) in [6.07, 6.45) is 11.7. The number of aliphatic hydroxyl groups excluding tert-OH is 1. The number of nitrogens with zero attached hydrogens (tertiary/aromatic N) is 2. The predicted molar refractivity (Wildman–Crippen MR) is 156 cm³/mol. The van der Waals surface area contributed by atoms with Gasteiger partial charge >= 0.3 is 5.97 Å². The van der Waals surface area contributed by atoms with Gasteiger partial charge in [-0.15, -0.1) is 0 Å². The highest BCUT2D eigenvalue weighted by molar-refractivity contribution is 7.99. The molecule has 10 heteroatoms. The number of aromatic nitrogens is 1. The van der Waals surface area contributed by atoms with E-state index >= 15 is 0 Å². The first-order valence-electron chi connectivity index (χ1n) is 13.6. The van der Waals surface area contributed by atoms with E-state index in [4.69, 9.17) is 9.15 Å². The third kappa shape index (κ3) is 8.44. The van der Waals surface area contributed by atoms with Crippen LogP contribution in [0.1, 0.15) is 56.9 Å². The van der Waals surface area contributed by atoms with Crippen LogP contribution in [-0.2, 0) is 20.7 Å².